The van der Waals surface area contributed by atoms with Crippen molar-refractivity contribution in [3.63, 3.8) is 0 Å². The molecule has 0 radical (unpaired) electrons. The average molecular weight is 525 g/mol. The van der Waals surface area contributed by atoms with E-state index in [9.17, 15) is 4.79 Å². The molecule has 1 heterocycles. The van der Waals surface area contributed by atoms with Crippen molar-refractivity contribution in [2.24, 2.45) is 17.8 Å². The van der Waals surface area contributed by atoms with Crippen molar-refractivity contribution in [3.05, 3.63) is 12.2 Å². The molecule has 2 rings (SSSR count). The lowest BCUT2D eigenvalue weighted by Gasteiger charge is -2.40. The van der Waals surface area contributed by atoms with Crippen molar-refractivity contribution >= 4 is 22.6 Å². The van der Waals surface area contributed by atoms with Crippen LogP contribution in [0, 0.1) is 17.8 Å². The molecular formula is C29H56O4Si2. The summed E-state index contributed by atoms with van der Waals surface area (Å²) in [6.45, 7) is 27.8. The maximum atomic E-state index is 12.1. The second kappa shape index (κ2) is 11.5. The number of hydrogen-bond acceptors (Lipinski definition) is 4. The van der Waals surface area contributed by atoms with Crippen LogP contribution in [0.3, 0.4) is 0 Å². The molecule has 6 heteroatoms. The first kappa shape index (κ1) is 30.8. The molecule has 0 bridgehead atoms. The maximum Gasteiger partial charge on any atom is 0.306 e. The highest BCUT2D eigenvalue weighted by Gasteiger charge is 2.52. The number of unbranched alkanes of at least 4 members (excludes halogenated alkanes) is 1. The molecular weight excluding hydrogens is 468 g/mol. The maximum absolute atomic E-state index is 12.1. The minimum absolute atomic E-state index is 0.00449. The summed E-state index contributed by atoms with van der Waals surface area (Å²) in [5.41, 5.74) is 0. The van der Waals surface area contributed by atoms with Gasteiger partial charge in [-0.3, -0.25) is 4.79 Å². The summed E-state index contributed by atoms with van der Waals surface area (Å²) in [5, 5.41) is 0.322. The smallest absolute Gasteiger partial charge is 0.306 e. The van der Waals surface area contributed by atoms with Crippen LogP contribution in [0.1, 0.15) is 93.9 Å². The van der Waals surface area contributed by atoms with Gasteiger partial charge in [-0.1, -0.05) is 86.8 Å². The lowest BCUT2D eigenvalue weighted by Crippen LogP contribution is -2.45. The SMILES string of the molecule is CCCC[C@H](C)C[C@@H](/C=C/[C@@H]1[C@H]2CC(=O)O[C@H]2C[C@H]1O[Si](C)(C)C(C)(C)C)O[Si](C)(C)C(C)(C)C. The van der Waals surface area contributed by atoms with E-state index in [4.69, 9.17) is 13.6 Å². The van der Waals surface area contributed by atoms with Crippen LogP contribution in [0.25, 0.3) is 0 Å². The van der Waals surface area contributed by atoms with E-state index in [1.165, 1.54) is 19.3 Å². The molecule has 1 aliphatic heterocycles. The largest absolute Gasteiger partial charge is 0.462 e. The molecule has 0 spiro atoms. The van der Waals surface area contributed by atoms with Gasteiger partial charge >= 0.3 is 5.97 Å². The van der Waals surface area contributed by atoms with Crippen molar-refractivity contribution in [2.75, 3.05) is 0 Å². The third kappa shape index (κ3) is 8.02. The molecule has 0 unspecified atom stereocenters. The van der Waals surface area contributed by atoms with Crippen molar-refractivity contribution in [1.29, 1.82) is 0 Å². The van der Waals surface area contributed by atoms with Gasteiger partial charge in [0.15, 0.2) is 16.6 Å². The van der Waals surface area contributed by atoms with E-state index < -0.39 is 16.6 Å². The fraction of sp³-hybridized carbons (Fsp3) is 0.897. The summed E-state index contributed by atoms with van der Waals surface area (Å²) < 4.78 is 19.6. The fourth-order valence-electron chi connectivity index (χ4n) is 4.89. The van der Waals surface area contributed by atoms with Gasteiger partial charge in [-0.2, -0.15) is 0 Å². The van der Waals surface area contributed by atoms with Crippen LogP contribution in [-0.2, 0) is 18.4 Å². The Kier molecular flexibility index (Phi) is 10.1. The van der Waals surface area contributed by atoms with Crippen molar-refractivity contribution < 1.29 is 18.4 Å². The molecule has 204 valence electrons. The minimum Gasteiger partial charge on any atom is -0.462 e. The zero-order valence-electron chi connectivity index (χ0n) is 25.0. The lowest BCUT2D eigenvalue weighted by atomic mass is 9.90. The van der Waals surface area contributed by atoms with E-state index >= 15 is 0 Å². The second-order valence-electron chi connectivity index (χ2n) is 14.4. The standard InChI is InChI=1S/C29H56O4Si2/c1-13-14-15-21(2)18-22(32-34(9,10)28(3,4)5)16-17-23-24-19-27(30)31-25(24)20-26(23)33-35(11,12)29(6,7)8/h16-17,21-26H,13-15,18-20H2,1-12H3/b17-16+/t21-,22+,23+,24+,25-,26+/m0/s1. The first-order valence-electron chi connectivity index (χ1n) is 14.1. The van der Waals surface area contributed by atoms with Crippen LogP contribution in [0.4, 0.5) is 0 Å². The number of fused-ring (bicyclic) bond motifs is 1. The van der Waals surface area contributed by atoms with Gasteiger partial charge in [-0.25, -0.2) is 0 Å². The Morgan fingerprint density at radius 2 is 1.66 bits per heavy atom. The zero-order valence-corrected chi connectivity index (χ0v) is 27.0. The molecule has 4 nitrogen and oxygen atoms in total. The predicted octanol–water partition coefficient (Wildman–Crippen LogP) is 8.49. The number of rotatable bonds is 11. The van der Waals surface area contributed by atoms with Crippen LogP contribution < -0.4 is 0 Å². The van der Waals surface area contributed by atoms with Crippen LogP contribution in [0.15, 0.2) is 12.2 Å². The monoisotopic (exact) mass is 524 g/mol. The quantitative estimate of drug-likeness (QED) is 0.154. The van der Waals surface area contributed by atoms with Crippen LogP contribution >= 0.6 is 0 Å². The Morgan fingerprint density at radius 1 is 1.06 bits per heavy atom. The van der Waals surface area contributed by atoms with E-state index in [0.717, 1.165) is 12.8 Å². The minimum atomic E-state index is -1.94. The van der Waals surface area contributed by atoms with Gasteiger partial charge in [0.05, 0.1) is 18.6 Å². The average Bonchev–Trinajstić information content (AvgIpc) is 3.17. The van der Waals surface area contributed by atoms with Gasteiger partial charge in [0, 0.05) is 18.3 Å². The Hall–Kier alpha value is -0.436. The predicted molar refractivity (Wildman–Crippen MR) is 153 cm³/mol. The van der Waals surface area contributed by atoms with Gasteiger partial charge in [-0.15, -0.1) is 0 Å². The third-order valence-corrected chi connectivity index (χ3v) is 18.3. The molecule has 1 saturated heterocycles. The van der Waals surface area contributed by atoms with Crippen LogP contribution in [0.2, 0.25) is 36.3 Å². The first-order chi connectivity index (χ1) is 15.9. The van der Waals surface area contributed by atoms with Gasteiger partial charge in [0.25, 0.3) is 0 Å². The molecule has 1 aliphatic carbocycles. The molecule has 0 N–H and O–H groups in total. The summed E-state index contributed by atoms with van der Waals surface area (Å²) in [4.78, 5) is 12.1. The van der Waals surface area contributed by atoms with Gasteiger partial charge < -0.3 is 13.6 Å². The molecule has 0 aromatic rings. The highest BCUT2D eigenvalue weighted by molar-refractivity contribution is 6.74. The van der Waals surface area contributed by atoms with Gasteiger partial charge in [0.2, 0.25) is 0 Å². The number of carbonyl (C=O) groups is 1. The molecule has 2 fully saturated rings. The Balaban J connectivity index is 2.29. The molecule has 0 aromatic carbocycles. The Labute approximate surface area is 219 Å². The Morgan fingerprint density at radius 3 is 2.20 bits per heavy atom. The Bertz CT molecular complexity index is 732. The van der Waals surface area contributed by atoms with Crippen molar-refractivity contribution in [3.8, 4) is 0 Å². The fourth-order valence-corrected chi connectivity index (χ4v) is 7.53. The highest BCUT2D eigenvalue weighted by Crippen LogP contribution is 2.47. The third-order valence-electron chi connectivity index (χ3n) is 9.29. The normalized spacial score (nSPS) is 27.8. The van der Waals surface area contributed by atoms with Crippen LogP contribution in [-0.4, -0.2) is 40.9 Å². The molecule has 0 aromatic heterocycles. The first-order valence-corrected chi connectivity index (χ1v) is 19.9. The van der Waals surface area contributed by atoms with Gasteiger partial charge in [-0.05, 0) is 48.6 Å². The highest BCUT2D eigenvalue weighted by atomic mass is 28.4. The van der Waals surface area contributed by atoms with Crippen molar-refractivity contribution in [2.45, 2.75) is 148 Å². The molecule has 1 saturated carbocycles. The topological polar surface area (TPSA) is 44.8 Å². The molecule has 6 atom stereocenters. The molecule has 35 heavy (non-hydrogen) atoms. The summed E-state index contributed by atoms with van der Waals surface area (Å²) in [5.74, 6) is 1.00. The van der Waals surface area contributed by atoms with E-state index in [-0.39, 0.29) is 46.2 Å². The summed E-state index contributed by atoms with van der Waals surface area (Å²) in [6.07, 6.45) is 11.0. The molecule has 2 aliphatic rings. The van der Waals surface area contributed by atoms with E-state index in [1.54, 1.807) is 0 Å². The van der Waals surface area contributed by atoms with Gasteiger partial charge in [0.1, 0.15) is 6.10 Å². The van der Waals surface area contributed by atoms with Crippen LogP contribution in [0.5, 0.6) is 0 Å². The summed E-state index contributed by atoms with van der Waals surface area (Å²) in [7, 11) is -3.85. The molecule has 0 amide bonds. The number of hydrogen-bond donors (Lipinski definition) is 0. The summed E-state index contributed by atoms with van der Waals surface area (Å²) in [6, 6.07) is 0. The number of carbonyl (C=O) groups excluding carboxylic acids is 1. The second-order valence-corrected chi connectivity index (χ2v) is 23.9. The van der Waals surface area contributed by atoms with E-state index in [2.05, 4.69) is 93.7 Å². The number of esters is 1. The zero-order chi connectivity index (χ0) is 26.8. The van der Waals surface area contributed by atoms with E-state index in [1.807, 2.05) is 0 Å². The number of ether oxygens (including phenoxy) is 1. The summed E-state index contributed by atoms with van der Waals surface area (Å²) >= 11 is 0. The van der Waals surface area contributed by atoms with E-state index in [0.29, 0.717) is 12.3 Å². The van der Waals surface area contributed by atoms with Crippen molar-refractivity contribution in [1.82, 2.24) is 0 Å². The lowest BCUT2D eigenvalue weighted by molar-refractivity contribution is -0.141.